The summed E-state index contributed by atoms with van der Waals surface area (Å²) in [6.07, 6.45) is 6.96. The van der Waals surface area contributed by atoms with E-state index in [4.69, 9.17) is 22.8 Å². The second kappa shape index (κ2) is 9.92. The first-order valence-corrected chi connectivity index (χ1v) is 10.7. The van der Waals surface area contributed by atoms with Gasteiger partial charge >= 0.3 is 0 Å². The van der Waals surface area contributed by atoms with Crippen molar-refractivity contribution >= 4 is 34.0 Å². The van der Waals surface area contributed by atoms with E-state index < -0.39 is 5.91 Å². The molecule has 7 nitrogen and oxygen atoms in total. The lowest BCUT2D eigenvalue weighted by molar-refractivity contribution is 0.102. The molecule has 2 aromatic carbocycles. The van der Waals surface area contributed by atoms with Gasteiger partial charge in [-0.3, -0.25) is 10.1 Å². The molecule has 4 aromatic rings. The van der Waals surface area contributed by atoms with Crippen LogP contribution in [0.25, 0.3) is 11.1 Å². The van der Waals surface area contributed by atoms with Gasteiger partial charge in [-0.25, -0.2) is 4.98 Å². The minimum atomic E-state index is -0.464. The Morgan fingerprint density at radius 2 is 1.94 bits per heavy atom. The predicted octanol–water partition coefficient (Wildman–Crippen LogP) is 4.94. The average Bonchev–Trinajstić information content (AvgIpc) is 3.30. The molecule has 0 bridgehead atoms. The van der Waals surface area contributed by atoms with Crippen LogP contribution in [0.2, 0.25) is 5.02 Å². The number of carbonyl (C=O) groups is 1. The maximum Gasteiger partial charge on any atom is 0.296 e. The lowest BCUT2D eigenvalue weighted by Gasteiger charge is -2.11. The summed E-state index contributed by atoms with van der Waals surface area (Å²) in [4.78, 5) is 17.1. The highest BCUT2D eigenvalue weighted by atomic mass is 35.5. The van der Waals surface area contributed by atoms with E-state index in [9.17, 15) is 10.1 Å². The molecule has 4 rings (SSSR count). The number of hydrogen-bond donors (Lipinski definition) is 1. The minimum Gasteiger partial charge on any atom is -0.464 e. The summed E-state index contributed by atoms with van der Waals surface area (Å²) in [7, 11) is 0. The highest BCUT2D eigenvalue weighted by molar-refractivity contribution is 7.17. The number of carbonyl (C=O) groups excluding carboxylic acids is 1. The van der Waals surface area contributed by atoms with Crippen molar-refractivity contribution in [1.29, 1.82) is 5.26 Å². The SMILES string of the molecule is C#Cc1ccccc1-c1cc(C#N)ncc1C(=O)Nc1nnc(OCc2ccc(Cl)cc2)s1. The number of aromatic nitrogens is 3. The van der Waals surface area contributed by atoms with Crippen molar-refractivity contribution in [3.05, 3.63) is 88.2 Å². The molecular weight excluding hydrogens is 458 g/mol. The minimum absolute atomic E-state index is 0.169. The molecule has 160 valence electrons. The first-order valence-electron chi connectivity index (χ1n) is 9.55. The third kappa shape index (κ3) is 5.16. The highest BCUT2D eigenvalue weighted by Crippen LogP contribution is 2.29. The molecule has 33 heavy (non-hydrogen) atoms. The Morgan fingerprint density at radius 1 is 1.15 bits per heavy atom. The first kappa shape index (κ1) is 22.0. The van der Waals surface area contributed by atoms with Crippen LogP contribution in [0.4, 0.5) is 5.13 Å². The zero-order chi connectivity index (χ0) is 23.2. The van der Waals surface area contributed by atoms with Gasteiger partial charge in [-0.05, 0) is 46.7 Å². The van der Waals surface area contributed by atoms with Gasteiger partial charge in [-0.2, -0.15) is 5.26 Å². The molecule has 0 aliphatic heterocycles. The topological polar surface area (TPSA) is 101 Å². The Morgan fingerprint density at radius 3 is 2.70 bits per heavy atom. The number of ether oxygens (including phenoxy) is 1. The van der Waals surface area contributed by atoms with E-state index >= 15 is 0 Å². The Labute approximate surface area is 198 Å². The normalized spacial score (nSPS) is 10.2. The number of rotatable bonds is 6. The van der Waals surface area contributed by atoms with Crippen molar-refractivity contribution in [1.82, 2.24) is 15.2 Å². The van der Waals surface area contributed by atoms with E-state index in [0.717, 1.165) is 16.9 Å². The van der Waals surface area contributed by atoms with Crippen molar-refractivity contribution < 1.29 is 9.53 Å². The molecule has 0 radical (unpaired) electrons. The number of hydrogen-bond acceptors (Lipinski definition) is 7. The molecule has 0 spiro atoms. The molecule has 1 amide bonds. The zero-order valence-electron chi connectivity index (χ0n) is 16.9. The molecule has 0 unspecified atom stereocenters. The second-order valence-corrected chi connectivity index (χ2v) is 8.04. The fourth-order valence-corrected chi connectivity index (χ4v) is 3.69. The molecular formula is C24H14ClN5O2S. The molecule has 2 aromatic heterocycles. The van der Waals surface area contributed by atoms with Crippen LogP contribution in [0.5, 0.6) is 5.19 Å². The van der Waals surface area contributed by atoms with Crippen LogP contribution in [-0.2, 0) is 6.61 Å². The van der Waals surface area contributed by atoms with Crippen LogP contribution >= 0.6 is 22.9 Å². The molecule has 9 heteroatoms. The number of nitrogens with one attached hydrogen (secondary N) is 1. The van der Waals surface area contributed by atoms with Crippen LogP contribution in [0.3, 0.4) is 0 Å². The smallest absolute Gasteiger partial charge is 0.296 e. The molecule has 0 aliphatic rings. The maximum atomic E-state index is 13.0. The molecule has 0 fully saturated rings. The lowest BCUT2D eigenvalue weighted by Crippen LogP contribution is -2.14. The summed E-state index contributed by atoms with van der Waals surface area (Å²) in [5, 5.41) is 21.1. The number of benzene rings is 2. The quantitative estimate of drug-likeness (QED) is 0.400. The van der Waals surface area contributed by atoms with Crippen molar-refractivity contribution in [2.45, 2.75) is 6.61 Å². The van der Waals surface area contributed by atoms with E-state index in [-0.39, 0.29) is 23.0 Å². The van der Waals surface area contributed by atoms with Gasteiger partial charge in [-0.1, -0.05) is 53.0 Å². The van der Waals surface area contributed by atoms with Crippen LogP contribution in [0, 0.1) is 23.7 Å². The fourth-order valence-electron chi connectivity index (χ4n) is 2.97. The number of pyridine rings is 1. The van der Waals surface area contributed by atoms with Crippen LogP contribution < -0.4 is 10.1 Å². The van der Waals surface area contributed by atoms with E-state index in [1.54, 1.807) is 36.4 Å². The van der Waals surface area contributed by atoms with Crippen LogP contribution in [-0.4, -0.2) is 21.1 Å². The number of halogens is 1. The van der Waals surface area contributed by atoms with Gasteiger partial charge in [0.25, 0.3) is 11.1 Å². The third-order valence-corrected chi connectivity index (χ3v) is 5.54. The van der Waals surface area contributed by atoms with Gasteiger partial charge in [0.05, 0.1) is 5.56 Å². The number of terminal acetylenes is 1. The summed E-state index contributed by atoms with van der Waals surface area (Å²) >= 11 is 6.97. The van der Waals surface area contributed by atoms with Gasteiger partial charge in [0.15, 0.2) is 0 Å². The molecule has 0 saturated heterocycles. The van der Waals surface area contributed by atoms with E-state index in [1.165, 1.54) is 12.3 Å². The molecule has 2 heterocycles. The monoisotopic (exact) mass is 471 g/mol. The summed E-state index contributed by atoms with van der Waals surface area (Å²) in [6, 6.07) is 17.9. The Kier molecular flexibility index (Phi) is 6.61. The molecule has 0 saturated carbocycles. The molecule has 0 aliphatic carbocycles. The average molecular weight is 472 g/mol. The van der Waals surface area contributed by atoms with Crippen molar-refractivity contribution in [2.24, 2.45) is 0 Å². The number of amides is 1. The van der Waals surface area contributed by atoms with Crippen LogP contribution in [0.1, 0.15) is 27.2 Å². The lowest BCUT2D eigenvalue weighted by atomic mass is 9.96. The van der Waals surface area contributed by atoms with Crippen molar-refractivity contribution in [2.75, 3.05) is 5.32 Å². The van der Waals surface area contributed by atoms with Gasteiger partial charge in [0.2, 0.25) is 5.13 Å². The van der Waals surface area contributed by atoms with Gasteiger partial charge < -0.3 is 4.74 Å². The molecule has 0 atom stereocenters. The van der Waals surface area contributed by atoms with Gasteiger partial charge in [-0.15, -0.1) is 11.5 Å². The number of nitrogens with zero attached hydrogens (tertiary/aromatic N) is 4. The second-order valence-electron chi connectivity index (χ2n) is 6.66. The van der Waals surface area contributed by atoms with E-state index in [2.05, 4.69) is 26.4 Å². The maximum absolute atomic E-state index is 13.0. The van der Waals surface area contributed by atoms with E-state index in [0.29, 0.717) is 26.9 Å². The largest absolute Gasteiger partial charge is 0.464 e. The highest BCUT2D eigenvalue weighted by Gasteiger charge is 2.18. The van der Waals surface area contributed by atoms with Crippen molar-refractivity contribution in [3.8, 4) is 34.7 Å². The summed E-state index contributed by atoms with van der Waals surface area (Å²) in [5.41, 5.74) is 3.07. The van der Waals surface area contributed by atoms with E-state index in [1.807, 2.05) is 18.2 Å². The summed E-state index contributed by atoms with van der Waals surface area (Å²) < 4.78 is 5.63. The Bertz CT molecular complexity index is 1400. The molecule has 1 N–H and O–H groups in total. The van der Waals surface area contributed by atoms with Gasteiger partial charge in [0, 0.05) is 22.3 Å². The van der Waals surface area contributed by atoms with Crippen molar-refractivity contribution in [3.63, 3.8) is 0 Å². The Balaban J connectivity index is 1.54. The Hall–Kier alpha value is -4.24. The number of anilines is 1. The fraction of sp³-hybridized carbons (Fsp3) is 0.0417. The zero-order valence-corrected chi connectivity index (χ0v) is 18.5. The standard InChI is InChI=1S/C24H14ClN5O2S/c1-2-16-5-3-4-6-19(16)20-11-18(12-26)27-13-21(20)22(31)28-23-29-30-24(33-23)32-14-15-7-9-17(25)10-8-15/h1,3-11,13H,14H2,(H,28,29,31). The number of nitriles is 1. The summed E-state index contributed by atoms with van der Waals surface area (Å²) in [5.74, 6) is 2.14. The summed E-state index contributed by atoms with van der Waals surface area (Å²) in [6.45, 7) is 0.284. The third-order valence-electron chi connectivity index (χ3n) is 4.54. The van der Waals surface area contributed by atoms with Crippen LogP contribution in [0.15, 0.2) is 60.8 Å². The predicted molar refractivity (Wildman–Crippen MR) is 126 cm³/mol. The van der Waals surface area contributed by atoms with Gasteiger partial charge in [0.1, 0.15) is 18.4 Å². The first-order chi connectivity index (χ1) is 16.1.